The van der Waals surface area contributed by atoms with Crippen molar-refractivity contribution in [3.05, 3.63) is 0 Å². The summed E-state index contributed by atoms with van der Waals surface area (Å²) in [4.78, 5) is 10.8. The van der Waals surface area contributed by atoms with E-state index in [-0.39, 0.29) is 13.0 Å². The molecule has 1 rings (SSSR count). The lowest BCUT2D eigenvalue weighted by atomic mass is 9.91. The standard InChI is InChI=1S/C7H8F5NO/c8-6(9,7(10,11)12)4-2-1-3-13-5(4)14/h4H,1-3H2,(H,13,14). The Morgan fingerprint density at radius 2 is 1.79 bits per heavy atom. The maximum atomic E-state index is 12.7. The zero-order valence-electron chi connectivity index (χ0n) is 7.00. The third kappa shape index (κ3) is 1.80. The summed E-state index contributed by atoms with van der Waals surface area (Å²) in [5.74, 6) is -8.44. The van der Waals surface area contributed by atoms with Gasteiger partial charge in [-0.05, 0) is 12.8 Å². The van der Waals surface area contributed by atoms with E-state index in [9.17, 15) is 26.7 Å². The Hall–Kier alpha value is -0.880. The molecule has 1 amide bonds. The smallest absolute Gasteiger partial charge is 0.356 e. The number of nitrogens with one attached hydrogen (secondary N) is 1. The van der Waals surface area contributed by atoms with Gasteiger partial charge in [0.1, 0.15) is 5.92 Å². The summed E-state index contributed by atoms with van der Waals surface area (Å²) in [7, 11) is 0. The highest BCUT2D eigenvalue weighted by molar-refractivity contribution is 5.80. The van der Waals surface area contributed by atoms with Crippen molar-refractivity contribution in [1.29, 1.82) is 0 Å². The summed E-state index contributed by atoms with van der Waals surface area (Å²) < 4.78 is 60.9. The first-order valence-electron chi connectivity index (χ1n) is 3.99. The molecule has 82 valence electrons. The molecular formula is C7H8F5NO. The molecule has 2 nitrogen and oxygen atoms in total. The summed E-state index contributed by atoms with van der Waals surface area (Å²) in [5, 5.41) is 1.99. The number of amides is 1. The number of alkyl halides is 5. The third-order valence-electron chi connectivity index (χ3n) is 2.10. The van der Waals surface area contributed by atoms with Gasteiger partial charge < -0.3 is 5.32 Å². The minimum absolute atomic E-state index is 0.141. The van der Waals surface area contributed by atoms with Crippen LogP contribution in [-0.2, 0) is 4.79 Å². The molecular weight excluding hydrogens is 209 g/mol. The molecule has 1 fully saturated rings. The van der Waals surface area contributed by atoms with Crippen LogP contribution in [0.15, 0.2) is 0 Å². The van der Waals surface area contributed by atoms with Gasteiger partial charge >= 0.3 is 12.1 Å². The van der Waals surface area contributed by atoms with Crippen LogP contribution in [0, 0.1) is 5.92 Å². The van der Waals surface area contributed by atoms with Gasteiger partial charge in [0.05, 0.1) is 0 Å². The Labute approximate surface area is 76.5 Å². The average molecular weight is 217 g/mol. The van der Waals surface area contributed by atoms with E-state index in [0.717, 1.165) is 0 Å². The third-order valence-corrected chi connectivity index (χ3v) is 2.10. The molecule has 1 aliphatic rings. The lowest BCUT2D eigenvalue weighted by Gasteiger charge is -2.30. The summed E-state index contributed by atoms with van der Waals surface area (Å²) in [5.41, 5.74) is 0. The Balaban J connectivity index is 2.85. The van der Waals surface area contributed by atoms with Gasteiger partial charge in [0.15, 0.2) is 0 Å². The highest BCUT2D eigenvalue weighted by atomic mass is 19.4. The number of piperidine rings is 1. The normalized spacial score (nSPS) is 24.6. The summed E-state index contributed by atoms with van der Waals surface area (Å²) in [6, 6.07) is 0. The Morgan fingerprint density at radius 3 is 2.21 bits per heavy atom. The minimum Gasteiger partial charge on any atom is -0.356 e. The summed E-state index contributed by atoms with van der Waals surface area (Å²) >= 11 is 0. The zero-order valence-corrected chi connectivity index (χ0v) is 7.00. The van der Waals surface area contributed by atoms with Gasteiger partial charge in [-0.15, -0.1) is 0 Å². The molecule has 1 unspecified atom stereocenters. The summed E-state index contributed by atoms with van der Waals surface area (Å²) in [6.07, 6.45) is -5.95. The van der Waals surface area contributed by atoms with Crippen molar-refractivity contribution in [3.63, 3.8) is 0 Å². The lowest BCUT2D eigenvalue weighted by molar-refractivity contribution is -0.300. The number of hydrogen-bond donors (Lipinski definition) is 1. The van der Waals surface area contributed by atoms with Gasteiger partial charge in [0.25, 0.3) is 0 Å². The van der Waals surface area contributed by atoms with Gasteiger partial charge in [-0.3, -0.25) is 4.79 Å². The number of halogens is 5. The Kier molecular flexibility index (Phi) is 2.69. The van der Waals surface area contributed by atoms with Crippen LogP contribution in [0.3, 0.4) is 0 Å². The van der Waals surface area contributed by atoms with Crippen LogP contribution in [0.25, 0.3) is 0 Å². The number of carbonyl (C=O) groups excluding carboxylic acids is 1. The highest BCUT2D eigenvalue weighted by Crippen LogP contribution is 2.43. The van der Waals surface area contributed by atoms with Crippen molar-refractivity contribution in [2.75, 3.05) is 6.54 Å². The largest absolute Gasteiger partial charge is 0.454 e. The van der Waals surface area contributed by atoms with Crippen LogP contribution in [0.4, 0.5) is 22.0 Å². The molecule has 1 atom stereocenters. The maximum absolute atomic E-state index is 12.7. The van der Waals surface area contributed by atoms with E-state index < -0.39 is 30.3 Å². The van der Waals surface area contributed by atoms with Crippen LogP contribution >= 0.6 is 0 Å². The number of hydrogen-bond acceptors (Lipinski definition) is 1. The van der Waals surface area contributed by atoms with Crippen LogP contribution in [0.1, 0.15) is 12.8 Å². The van der Waals surface area contributed by atoms with Crippen LogP contribution in [0.5, 0.6) is 0 Å². The molecule has 0 aromatic carbocycles. The molecule has 1 saturated heterocycles. The van der Waals surface area contributed by atoms with Crippen LogP contribution < -0.4 is 5.32 Å². The van der Waals surface area contributed by atoms with Gasteiger partial charge in [0.2, 0.25) is 5.91 Å². The SMILES string of the molecule is O=C1NCCCC1C(F)(F)C(F)(F)F. The second-order valence-electron chi connectivity index (χ2n) is 3.11. The molecule has 1 aliphatic heterocycles. The lowest BCUT2D eigenvalue weighted by Crippen LogP contribution is -2.52. The molecule has 0 aromatic heterocycles. The molecule has 1 N–H and O–H groups in total. The number of carbonyl (C=O) groups is 1. The van der Waals surface area contributed by atoms with Crippen molar-refractivity contribution in [2.24, 2.45) is 5.92 Å². The monoisotopic (exact) mass is 217 g/mol. The molecule has 0 aliphatic carbocycles. The van der Waals surface area contributed by atoms with Gasteiger partial charge in [-0.2, -0.15) is 22.0 Å². The van der Waals surface area contributed by atoms with Crippen molar-refractivity contribution < 1.29 is 26.7 Å². The fourth-order valence-corrected chi connectivity index (χ4v) is 1.32. The molecule has 0 bridgehead atoms. The van der Waals surface area contributed by atoms with Crippen molar-refractivity contribution in [2.45, 2.75) is 24.9 Å². The minimum atomic E-state index is -5.66. The van der Waals surface area contributed by atoms with E-state index in [1.54, 1.807) is 0 Å². The molecule has 14 heavy (non-hydrogen) atoms. The molecule has 0 saturated carbocycles. The van der Waals surface area contributed by atoms with E-state index in [0.29, 0.717) is 0 Å². The van der Waals surface area contributed by atoms with Crippen LogP contribution in [0.2, 0.25) is 0 Å². The summed E-state index contributed by atoms with van der Waals surface area (Å²) in [6.45, 7) is 0.156. The first-order chi connectivity index (χ1) is 6.27. The first-order valence-corrected chi connectivity index (χ1v) is 3.99. The van der Waals surface area contributed by atoms with Crippen molar-refractivity contribution >= 4 is 5.91 Å². The molecule has 0 radical (unpaired) electrons. The Bertz CT molecular complexity index is 237. The van der Waals surface area contributed by atoms with Gasteiger partial charge in [-0.1, -0.05) is 0 Å². The fraction of sp³-hybridized carbons (Fsp3) is 0.857. The predicted octanol–water partition coefficient (Wildman–Crippen LogP) is 1.71. The second-order valence-corrected chi connectivity index (χ2v) is 3.11. The van der Waals surface area contributed by atoms with Crippen molar-refractivity contribution in [3.8, 4) is 0 Å². The van der Waals surface area contributed by atoms with Crippen molar-refractivity contribution in [1.82, 2.24) is 5.32 Å². The molecule has 7 heteroatoms. The maximum Gasteiger partial charge on any atom is 0.454 e. The van der Waals surface area contributed by atoms with Gasteiger partial charge in [0, 0.05) is 6.54 Å². The van der Waals surface area contributed by atoms with E-state index in [4.69, 9.17) is 0 Å². The second kappa shape index (κ2) is 3.36. The molecule has 0 spiro atoms. The number of rotatable bonds is 1. The average Bonchev–Trinajstić information content (AvgIpc) is 2.02. The molecule has 0 aromatic rings. The first kappa shape index (κ1) is 11.2. The fourth-order valence-electron chi connectivity index (χ4n) is 1.32. The predicted molar refractivity (Wildman–Crippen MR) is 36.7 cm³/mol. The van der Waals surface area contributed by atoms with Crippen LogP contribution in [-0.4, -0.2) is 24.6 Å². The van der Waals surface area contributed by atoms with E-state index >= 15 is 0 Å². The zero-order chi connectivity index (χ0) is 11.0. The van der Waals surface area contributed by atoms with E-state index in [1.807, 2.05) is 5.32 Å². The molecule has 1 heterocycles. The van der Waals surface area contributed by atoms with E-state index in [1.165, 1.54) is 0 Å². The van der Waals surface area contributed by atoms with Gasteiger partial charge in [-0.25, -0.2) is 0 Å². The Morgan fingerprint density at radius 1 is 1.21 bits per heavy atom. The van der Waals surface area contributed by atoms with E-state index in [2.05, 4.69) is 0 Å². The topological polar surface area (TPSA) is 29.1 Å². The quantitative estimate of drug-likeness (QED) is 0.665. The highest BCUT2D eigenvalue weighted by Gasteiger charge is 2.64.